The van der Waals surface area contributed by atoms with Crippen LogP contribution < -0.4 is 14.4 Å². The minimum Gasteiger partial charge on any atom is -0.486 e. The maximum absolute atomic E-state index is 13.4. The predicted octanol–water partition coefficient (Wildman–Crippen LogP) is 3.41. The van der Waals surface area contributed by atoms with Crippen molar-refractivity contribution in [3.8, 4) is 11.5 Å². The van der Waals surface area contributed by atoms with E-state index in [0.717, 1.165) is 25.1 Å². The van der Waals surface area contributed by atoms with E-state index in [1.165, 1.54) is 10.4 Å². The second-order valence-electron chi connectivity index (χ2n) is 7.74. The second-order valence-corrected chi connectivity index (χ2v) is 8.74. The van der Waals surface area contributed by atoms with E-state index in [1.54, 1.807) is 16.2 Å². The molecule has 0 saturated carbocycles. The molecule has 152 valence electrons. The fourth-order valence-electron chi connectivity index (χ4n) is 4.66. The summed E-state index contributed by atoms with van der Waals surface area (Å²) in [4.78, 5) is 31.2. The lowest BCUT2D eigenvalue weighted by molar-refractivity contribution is -0.138. The van der Waals surface area contributed by atoms with Crippen LogP contribution >= 0.6 is 11.3 Å². The maximum atomic E-state index is 13.4. The Morgan fingerprint density at radius 2 is 2.03 bits per heavy atom. The third-order valence-electron chi connectivity index (χ3n) is 6.08. The smallest absolute Gasteiger partial charge is 0.228 e. The molecular weight excluding hydrogens is 388 g/mol. The van der Waals surface area contributed by atoms with Crippen molar-refractivity contribution >= 4 is 28.8 Å². The lowest BCUT2D eigenvalue weighted by atomic mass is 9.95. The fourth-order valence-corrected chi connectivity index (χ4v) is 5.59. The molecule has 0 spiro atoms. The summed E-state index contributed by atoms with van der Waals surface area (Å²) in [5.41, 5.74) is 2.05. The molecule has 6 nitrogen and oxygen atoms in total. The summed E-state index contributed by atoms with van der Waals surface area (Å²) in [6.07, 6.45) is 2.06. The van der Waals surface area contributed by atoms with Gasteiger partial charge in [0.05, 0.1) is 12.0 Å². The van der Waals surface area contributed by atoms with Crippen LogP contribution in [0.15, 0.2) is 29.6 Å². The van der Waals surface area contributed by atoms with Gasteiger partial charge in [-0.1, -0.05) is 6.92 Å². The SMILES string of the molecule is CCC1c2ccsc2CCN1C(=O)C1CC(=O)N(c2ccc3c(c2)OCCO3)C1. The molecular formula is C22H24N2O4S. The van der Waals surface area contributed by atoms with Gasteiger partial charge in [-0.15, -0.1) is 11.3 Å². The van der Waals surface area contributed by atoms with Crippen LogP contribution in [-0.2, 0) is 16.0 Å². The van der Waals surface area contributed by atoms with Crippen LogP contribution in [0.1, 0.15) is 36.2 Å². The molecule has 0 bridgehead atoms. The van der Waals surface area contributed by atoms with Crippen molar-refractivity contribution in [3.05, 3.63) is 40.1 Å². The minimum atomic E-state index is -0.301. The average Bonchev–Trinajstić information content (AvgIpc) is 3.38. The molecule has 0 N–H and O–H groups in total. The summed E-state index contributed by atoms with van der Waals surface area (Å²) in [6, 6.07) is 7.81. The van der Waals surface area contributed by atoms with Crippen molar-refractivity contribution in [2.45, 2.75) is 32.2 Å². The van der Waals surface area contributed by atoms with Gasteiger partial charge in [0.2, 0.25) is 11.8 Å². The third-order valence-corrected chi connectivity index (χ3v) is 7.07. The first-order chi connectivity index (χ1) is 14.2. The minimum absolute atomic E-state index is 0.0127. The van der Waals surface area contributed by atoms with Gasteiger partial charge in [0.15, 0.2) is 11.5 Å². The zero-order valence-corrected chi connectivity index (χ0v) is 17.2. The van der Waals surface area contributed by atoms with E-state index in [4.69, 9.17) is 9.47 Å². The molecule has 7 heteroatoms. The summed E-state index contributed by atoms with van der Waals surface area (Å²) in [7, 11) is 0. The Labute approximate surface area is 174 Å². The summed E-state index contributed by atoms with van der Waals surface area (Å²) < 4.78 is 11.2. The van der Waals surface area contributed by atoms with Crippen molar-refractivity contribution in [2.75, 3.05) is 31.2 Å². The van der Waals surface area contributed by atoms with E-state index < -0.39 is 0 Å². The van der Waals surface area contributed by atoms with Crippen LogP contribution in [0, 0.1) is 5.92 Å². The number of carbonyl (C=O) groups excluding carboxylic acids is 2. The molecule has 2 aromatic rings. The Hall–Kier alpha value is -2.54. The number of ether oxygens (including phenoxy) is 2. The molecule has 4 heterocycles. The summed E-state index contributed by atoms with van der Waals surface area (Å²) in [5.74, 6) is 1.14. The Bertz CT molecular complexity index is 956. The molecule has 5 rings (SSSR count). The van der Waals surface area contributed by atoms with Gasteiger partial charge in [-0.2, -0.15) is 0 Å². The van der Waals surface area contributed by atoms with Gasteiger partial charge in [0, 0.05) is 36.1 Å². The quantitative estimate of drug-likeness (QED) is 0.775. The molecule has 29 heavy (non-hydrogen) atoms. The molecule has 2 amide bonds. The van der Waals surface area contributed by atoms with E-state index in [2.05, 4.69) is 18.4 Å². The number of hydrogen-bond donors (Lipinski definition) is 0. The molecule has 3 aliphatic heterocycles. The van der Waals surface area contributed by atoms with Gasteiger partial charge in [-0.25, -0.2) is 0 Å². The zero-order chi connectivity index (χ0) is 20.0. The molecule has 2 atom stereocenters. The lowest BCUT2D eigenvalue weighted by Crippen LogP contribution is -2.43. The molecule has 2 unspecified atom stereocenters. The first-order valence-corrected chi connectivity index (χ1v) is 11.1. The Balaban J connectivity index is 1.34. The van der Waals surface area contributed by atoms with Crippen LogP contribution in [0.3, 0.4) is 0 Å². The fraction of sp³-hybridized carbons (Fsp3) is 0.455. The summed E-state index contributed by atoms with van der Waals surface area (Å²) in [6.45, 7) is 4.31. The van der Waals surface area contributed by atoms with Crippen LogP contribution in [0.5, 0.6) is 11.5 Å². The largest absolute Gasteiger partial charge is 0.486 e. The Morgan fingerprint density at radius 1 is 1.21 bits per heavy atom. The van der Waals surface area contributed by atoms with E-state index in [1.807, 2.05) is 23.1 Å². The Kier molecular flexibility index (Phi) is 4.70. The monoisotopic (exact) mass is 412 g/mol. The Morgan fingerprint density at radius 3 is 2.86 bits per heavy atom. The number of amides is 2. The molecule has 0 aliphatic carbocycles. The number of fused-ring (bicyclic) bond motifs is 2. The second kappa shape index (κ2) is 7.37. The van der Waals surface area contributed by atoms with Crippen LogP contribution in [0.4, 0.5) is 5.69 Å². The number of carbonyl (C=O) groups is 2. The van der Waals surface area contributed by atoms with Crippen molar-refractivity contribution < 1.29 is 19.1 Å². The first kappa shape index (κ1) is 18.5. The lowest BCUT2D eigenvalue weighted by Gasteiger charge is -2.37. The molecule has 1 aromatic carbocycles. The van der Waals surface area contributed by atoms with Crippen molar-refractivity contribution in [1.29, 1.82) is 0 Å². The third kappa shape index (κ3) is 3.17. The molecule has 0 radical (unpaired) electrons. The van der Waals surface area contributed by atoms with E-state index in [-0.39, 0.29) is 30.2 Å². The van der Waals surface area contributed by atoms with Gasteiger partial charge in [0.25, 0.3) is 0 Å². The highest BCUT2D eigenvalue weighted by Crippen LogP contribution is 2.39. The van der Waals surface area contributed by atoms with Gasteiger partial charge in [-0.05, 0) is 42.0 Å². The highest BCUT2D eigenvalue weighted by Gasteiger charge is 2.40. The van der Waals surface area contributed by atoms with Crippen molar-refractivity contribution in [1.82, 2.24) is 4.90 Å². The number of thiophene rings is 1. The van der Waals surface area contributed by atoms with Gasteiger partial charge in [-0.3, -0.25) is 9.59 Å². The van der Waals surface area contributed by atoms with E-state index in [9.17, 15) is 9.59 Å². The predicted molar refractivity (Wildman–Crippen MR) is 111 cm³/mol. The van der Waals surface area contributed by atoms with E-state index in [0.29, 0.717) is 31.3 Å². The first-order valence-electron chi connectivity index (χ1n) is 10.2. The van der Waals surface area contributed by atoms with Crippen LogP contribution in [-0.4, -0.2) is 43.0 Å². The van der Waals surface area contributed by atoms with Gasteiger partial charge >= 0.3 is 0 Å². The zero-order valence-electron chi connectivity index (χ0n) is 16.4. The molecule has 1 fully saturated rings. The number of nitrogens with zero attached hydrogens (tertiary/aromatic N) is 2. The number of rotatable bonds is 3. The van der Waals surface area contributed by atoms with Crippen molar-refractivity contribution in [3.63, 3.8) is 0 Å². The summed E-state index contributed by atoms with van der Waals surface area (Å²) >= 11 is 1.78. The topological polar surface area (TPSA) is 59.1 Å². The summed E-state index contributed by atoms with van der Waals surface area (Å²) in [5, 5.41) is 2.12. The molecule has 1 aromatic heterocycles. The number of benzene rings is 1. The average molecular weight is 413 g/mol. The highest BCUT2D eigenvalue weighted by molar-refractivity contribution is 7.10. The van der Waals surface area contributed by atoms with Crippen LogP contribution in [0.2, 0.25) is 0 Å². The number of anilines is 1. The van der Waals surface area contributed by atoms with E-state index >= 15 is 0 Å². The maximum Gasteiger partial charge on any atom is 0.228 e. The highest BCUT2D eigenvalue weighted by atomic mass is 32.1. The van der Waals surface area contributed by atoms with Gasteiger partial charge < -0.3 is 19.3 Å². The van der Waals surface area contributed by atoms with Gasteiger partial charge in [0.1, 0.15) is 13.2 Å². The normalized spacial score (nSPS) is 23.3. The van der Waals surface area contributed by atoms with Crippen molar-refractivity contribution in [2.24, 2.45) is 5.92 Å². The standard InChI is InChI=1S/C22H24N2O4S/c1-2-17-16-6-10-29-20(16)5-7-23(17)22(26)14-11-21(25)24(13-14)15-3-4-18-19(12-15)28-9-8-27-18/h3-4,6,10,12,14,17H,2,5,7-9,11,13H2,1H3. The molecule has 3 aliphatic rings. The van der Waals surface area contributed by atoms with Crippen LogP contribution in [0.25, 0.3) is 0 Å². The molecule has 1 saturated heterocycles. The number of hydrogen-bond acceptors (Lipinski definition) is 5.